The van der Waals surface area contributed by atoms with Gasteiger partial charge in [-0.2, -0.15) is 0 Å². The molecular weight excluding hydrogens is 883 g/mol. The van der Waals surface area contributed by atoms with Crippen molar-refractivity contribution in [3.63, 3.8) is 0 Å². The molecule has 17 heteroatoms. The van der Waals surface area contributed by atoms with E-state index >= 15 is 0 Å². The van der Waals surface area contributed by atoms with Gasteiger partial charge in [-0.15, -0.1) is 0 Å². The summed E-state index contributed by atoms with van der Waals surface area (Å²) in [6.07, 6.45) is -1.90. The Morgan fingerprint density at radius 3 is 1.04 bits per heavy atom. The van der Waals surface area contributed by atoms with E-state index in [0.717, 1.165) is 17.7 Å². The lowest BCUT2D eigenvalue weighted by atomic mass is 9.78. The average molecular weight is 956 g/mol. The molecule has 0 aliphatic carbocycles. The molecule has 0 radical (unpaired) electrons. The van der Waals surface area contributed by atoms with E-state index in [4.69, 9.17) is 42.6 Å². The molecule has 68 heavy (non-hydrogen) atoms. The largest absolute Gasteiger partial charge is 0.491 e. The van der Waals surface area contributed by atoms with Crippen molar-refractivity contribution in [1.82, 2.24) is 4.90 Å². The molecule has 0 aliphatic rings. The highest BCUT2D eigenvalue weighted by molar-refractivity contribution is 5.88. The van der Waals surface area contributed by atoms with E-state index in [-0.39, 0.29) is 62.2 Å². The number of rotatable bonds is 29. The molecule has 0 spiro atoms. The first-order chi connectivity index (χ1) is 31.9. The van der Waals surface area contributed by atoms with E-state index < -0.39 is 36.1 Å². The van der Waals surface area contributed by atoms with Gasteiger partial charge in [0.2, 0.25) is 0 Å². The second-order valence-electron chi connectivity index (χ2n) is 16.1. The molecule has 0 aromatic heterocycles. The highest BCUT2D eigenvalue weighted by Gasteiger charge is 2.23. The van der Waals surface area contributed by atoms with Crippen LogP contribution in [0.2, 0.25) is 0 Å². The van der Waals surface area contributed by atoms with Crippen LogP contribution in [-0.2, 0) is 62.5 Å². The Kier molecular flexibility index (Phi) is 31.1. The fourth-order valence-corrected chi connectivity index (χ4v) is 4.57. The third-order valence-electron chi connectivity index (χ3n) is 8.66. The van der Waals surface area contributed by atoms with Gasteiger partial charge in [-0.3, -0.25) is 0 Å². The fourth-order valence-electron chi connectivity index (χ4n) is 4.57. The Hall–Kier alpha value is -6.11. The van der Waals surface area contributed by atoms with Crippen molar-refractivity contribution in [3.05, 3.63) is 120 Å². The molecule has 2 atom stereocenters. The Morgan fingerprint density at radius 2 is 0.750 bits per heavy atom. The van der Waals surface area contributed by atoms with Crippen molar-refractivity contribution in [2.24, 2.45) is 0 Å². The zero-order valence-corrected chi connectivity index (χ0v) is 41.4. The third kappa shape index (κ3) is 28.8. The smallest absolute Gasteiger partial charge is 0.333 e. The monoisotopic (exact) mass is 955 g/mol. The van der Waals surface area contributed by atoms with E-state index in [0.29, 0.717) is 61.3 Å². The molecular formula is C51H73NO16. The Morgan fingerprint density at radius 1 is 0.471 bits per heavy atom. The number of benzene rings is 2. The maximum atomic E-state index is 11.4. The Bertz CT molecular complexity index is 1820. The molecule has 2 aromatic rings. The van der Waals surface area contributed by atoms with Crippen LogP contribution in [0, 0.1) is 0 Å². The second-order valence-corrected chi connectivity index (χ2v) is 16.1. The highest BCUT2D eigenvalue weighted by atomic mass is 16.6. The van der Waals surface area contributed by atoms with Crippen LogP contribution in [0.5, 0.6) is 11.5 Å². The maximum Gasteiger partial charge on any atom is 0.333 e. The summed E-state index contributed by atoms with van der Waals surface area (Å²) >= 11 is 0. The summed E-state index contributed by atoms with van der Waals surface area (Å²) in [6.45, 7) is 32.0. The molecule has 0 amide bonds. The first-order valence-corrected chi connectivity index (χ1v) is 21.6. The van der Waals surface area contributed by atoms with Crippen LogP contribution in [0.4, 0.5) is 0 Å². The zero-order chi connectivity index (χ0) is 51.8. The van der Waals surface area contributed by atoms with Crippen molar-refractivity contribution >= 4 is 29.8 Å². The van der Waals surface area contributed by atoms with Crippen LogP contribution in [0.15, 0.2) is 109 Å². The van der Waals surface area contributed by atoms with Gasteiger partial charge in [-0.05, 0) is 84.1 Å². The summed E-state index contributed by atoms with van der Waals surface area (Å²) in [6, 6.07) is 15.1. The first-order valence-electron chi connectivity index (χ1n) is 21.6. The van der Waals surface area contributed by atoms with Gasteiger partial charge in [-0.25, -0.2) is 24.0 Å². The molecule has 2 N–H and O–H groups in total. The SMILES string of the molecule is C=C(C)C(=O)OCC(O)COc1ccc(C(C)(C)c2ccc(OCC(O)COC(=O)C(=C)C)cc2)cc1.C=C(C)C(=O)OCCN(C)C.C=C(C)C(=O)OCCOCCOCCOC(=O)C(=C)C. The quantitative estimate of drug-likeness (QED) is 0.0436. The zero-order valence-electron chi connectivity index (χ0n) is 41.4. The molecule has 2 rings (SSSR count). The lowest BCUT2D eigenvalue weighted by Crippen LogP contribution is -2.25. The fraction of sp³-hybridized carbons (Fsp3) is 0.471. The van der Waals surface area contributed by atoms with Crippen LogP contribution in [0.1, 0.15) is 59.6 Å². The minimum atomic E-state index is -0.951. The number of hydrogen-bond acceptors (Lipinski definition) is 17. The van der Waals surface area contributed by atoms with Crippen LogP contribution in [0.3, 0.4) is 0 Å². The van der Waals surface area contributed by atoms with Crippen molar-refractivity contribution in [1.29, 1.82) is 0 Å². The van der Waals surface area contributed by atoms with Crippen molar-refractivity contribution in [2.75, 3.05) is 93.3 Å². The van der Waals surface area contributed by atoms with Gasteiger partial charge in [0.05, 0.1) is 26.4 Å². The van der Waals surface area contributed by atoms with Crippen LogP contribution in [0.25, 0.3) is 0 Å². The van der Waals surface area contributed by atoms with Crippen LogP contribution >= 0.6 is 0 Å². The number of esters is 5. The molecule has 0 fully saturated rings. The number of aliphatic hydroxyl groups is 2. The topological polar surface area (TPSA) is 212 Å². The van der Waals surface area contributed by atoms with E-state index in [1.807, 2.05) is 67.5 Å². The molecule has 0 aliphatic heterocycles. The summed E-state index contributed by atoms with van der Waals surface area (Å²) in [4.78, 5) is 57.5. The second kappa shape index (κ2) is 34.2. The molecule has 17 nitrogen and oxygen atoms in total. The number of carbonyl (C=O) groups excluding carboxylic acids is 5. The van der Waals surface area contributed by atoms with Crippen LogP contribution in [-0.4, -0.2) is 150 Å². The van der Waals surface area contributed by atoms with E-state index in [9.17, 15) is 34.2 Å². The average Bonchev–Trinajstić information content (AvgIpc) is 3.29. The summed E-state index contributed by atoms with van der Waals surface area (Å²) in [5.74, 6) is -1.10. The minimum Gasteiger partial charge on any atom is -0.491 e. The molecule has 0 saturated carbocycles. The number of hydrogen-bond donors (Lipinski definition) is 2. The normalized spacial score (nSPS) is 11.4. The lowest BCUT2D eigenvalue weighted by molar-refractivity contribution is -0.143. The van der Waals surface area contributed by atoms with Crippen molar-refractivity contribution < 1.29 is 76.8 Å². The van der Waals surface area contributed by atoms with Crippen molar-refractivity contribution in [2.45, 2.75) is 66.1 Å². The van der Waals surface area contributed by atoms with E-state index in [1.54, 1.807) is 20.8 Å². The van der Waals surface area contributed by atoms with Gasteiger partial charge in [0, 0.05) is 39.8 Å². The van der Waals surface area contributed by atoms with Crippen LogP contribution < -0.4 is 9.47 Å². The molecule has 2 unspecified atom stereocenters. The number of carbonyl (C=O) groups is 5. The Labute approximate surface area is 401 Å². The summed E-state index contributed by atoms with van der Waals surface area (Å²) in [5.41, 5.74) is 3.50. The third-order valence-corrected chi connectivity index (χ3v) is 8.66. The summed E-state index contributed by atoms with van der Waals surface area (Å²) in [5, 5.41) is 19.9. The molecule has 0 heterocycles. The highest BCUT2D eigenvalue weighted by Crippen LogP contribution is 2.33. The lowest BCUT2D eigenvalue weighted by Gasteiger charge is -2.26. The van der Waals surface area contributed by atoms with Crippen molar-refractivity contribution in [3.8, 4) is 11.5 Å². The number of likely N-dealkylation sites (N-methyl/N-ethyl adjacent to an activating group) is 1. The molecule has 2 aromatic carbocycles. The predicted octanol–water partition coefficient (Wildman–Crippen LogP) is 5.66. The number of aliphatic hydroxyl groups excluding tert-OH is 2. The van der Waals surface area contributed by atoms with Gasteiger partial charge in [0.1, 0.15) is 70.0 Å². The van der Waals surface area contributed by atoms with Gasteiger partial charge in [0.15, 0.2) is 0 Å². The van der Waals surface area contributed by atoms with Gasteiger partial charge >= 0.3 is 29.8 Å². The molecule has 378 valence electrons. The molecule has 0 saturated heterocycles. The Balaban J connectivity index is 0.00000120. The van der Waals surface area contributed by atoms with Gasteiger partial charge in [-0.1, -0.05) is 71.0 Å². The summed E-state index contributed by atoms with van der Waals surface area (Å²) < 4.78 is 45.9. The number of ether oxygens (including phenoxy) is 9. The first kappa shape index (κ1) is 61.9. The van der Waals surface area contributed by atoms with Gasteiger partial charge < -0.3 is 57.7 Å². The number of nitrogens with zero attached hydrogens (tertiary/aromatic N) is 1. The van der Waals surface area contributed by atoms with Gasteiger partial charge in [0.25, 0.3) is 0 Å². The van der Waals surface area contributed by atoms with E-state index in [1.165, 1.54) is 13.8 Å². The standard InChI is InChI=1S/C29H36O8.C14H22O6.C8H15NO2/c1-19(2)27(32)36-17-23(30)15-34-25-11-7-21(8-12-25)29(5,6)22-9-13-26(14-10-22)35-16-24(31)18-37-28(33)20(3)4;1-11(2)13(15)19-9-7-17-5-6-18-8-10-20-14(16)12(3)4;1-7(2)8(10)11-6-5-9(3)4/h7-14,23-24,30-31H,1,3,15-18H2,2,4-6H3;1,3,5-10H2,2,4H3;1,5-6H2,2-4H3. The minimum absolute atomic E-state index is 0.0152. The summed E-state index contributed by atoms with van der Waals surface area (Å²) in [7, 11) is 3.85. The predicted molar refractivity (Wildman–Crippen MR) is 257 cm³/mol. The maximum absolute atomic E-state index is 11.4. The van der Waals surface area contributed by atoms with E-state index in [2.05, 4.69) is 46.7 Å². The molecule has 0 bridgehead atoms.